The quantitative estimate of drug-likeness (QED) is 0.273. The normalized spacial score (nSPS) is 19.9. The third-order valence-corrected chi connectivity index (χ3v) is 3.52. The first-order chi connectivity index (χ1) is 6.67. The summed E-state index contributed by atoms with van der Waals surface area (Å²) in [5.74, 6) is 6.11. The topological polar surface area (TPSA) is 50.1 Å². The summed E-state index contributed by atoms with van der Waals surface area (Å²) < 4.78 is 0. The molecule has 1 rings (SSSR count). The standard InChI is InChI=1S/C11H25N3/c1-11(2,8-13-9-14-12)10-6-4-3-5-7-10/h10,13-14H,3-9,12H2,1-2H3. The van der Waals surface area contributed by atoms with Gasteiger partial charge in [-0.05, 0) is 24.2 Å². The molecule has 0 atom stereocenters. The first kappa shape index (κ1) is 12.0. The summed E-state index contributed by atoms with van der Waals surface area (Å²) in [6, 6.07) is 0. The maximum absolute atomic E-state index is 5.22. The van der Waals surface area contributed by atoms with Crippen LogP contribution in [0.5, 0.6) is 0 Å². The zero-order valence-corrected chi connectivity index (χ0v) is 9.60. The van der Waals surface area contributed by atoms with Crippen molar-refractivity contribution < 1.29 is 0 Å². The van der Waals surface area contributed by atoms with Gasteiger partial charge in [-0.15, -0.1) is 0 Å². The Morgan fingerprint density at radius 2 is 1.86 bits per heavy atom. The van der Waals surface area contributed by atoms with E-state index < -0.39 is 0 Å². The Labute approximate surface area is 87.8 Å². The lowest BCUT2D eigenvalue weighted by atomic mass is 9.71. The van der Waals surface area contributed by atoms with E-state index in [9.17, 15) is 0 Å². The average Bonchev–Trinajstić information content (AvgIpc) is 2.19. The second-order valence-corrected chi connectivity index (χ2v) is 5.13. The summed E-state index contributed by atoms with van der Waals surface area (Å²) in [5, 5.41) is 3.34. The molecule has 84 valence electrons. The van der Waals surface area contributed by atoms with E-state index >= 15 is 0 Å². The van der Waals surface area contributed by atoms with Gasteiger partial charge in [0, 0.05) is 6.54 Å². The van der Waals surface area contributed by atoms with Crippen LogP contribution in [0.25, 0.3) is 0 Å². The van der Waals surface area contributed by atoms with Crippen molar-refractivity contribution in [3.8, 4) is 0 Å². The minimum atomic E-state index is 0.414. The van der Waals surface area contributed by atoms with Gasteiger partial charge in [0.25, 0.3) is 0 Å². The van der Waals surface area contributed by atoms with Crippen molar-refractivity contribution in [2.45, 2.75) is 46.0 Å². The predicted molar refractivity (Wildman–Crippen MR) is 60.5 cm³/mol. The summed E-state index contributed by atoms with van der Waals surface area (Å²) in [7, 11) is 0. The molecule has 0 aromatic rings. The van der Waals surface area contributed by atoms with E-state index in [0.717, 1.165) is 12.5 Å². The van der Waals surface area contributed by atoms with Crippen LogP contribution in [-0.2, 0) is 0 Å². The van der Waals surface area contributed by atoms with Crippen LogP contribution in [0.2, 0.25) is 0 Å². The summed E-state index contributed by atoms with van der Waals surface area (Å²) in [5.41, 5.74) is 3.05. The number of hydrazine groups is 1. The van der Waals surface area contributed by atoms with Gasteiger partial charge in [-0.1, -0.05) is 33.1 Å². The van der Waals surface area contributed by atoms with Gasteiger partial charge in [-0.25, -0.2) is 5.43 Å². The molecular weight excluding hydrogens is 174 g/mol. The highest BCUT2D eigenvalue weighted by molar-refractivity contribution is 4.82. The number of rotatable bonds is 5. The molecule has 0 amide bonds. The van der Waals surface area contributed by atoms with Gasteiger partial charge in [-0.2, -0.15) is 0 Å². The SMILES string of the molecule is CC(C)(CNCNN)C1CCCCC1. The molecule has 3 heteroatoms. The largest absolute Gasteiger partial charge is 0.303 e. The summed E-state index contributed by atoms with van der Waals surface area (Å²) in [4.78, 5) is 0. The third-order valence-electron chi connectivity index (χ3n) is 3.52. The number of hydrogen-bond acceptors (Lipinski definition) is 3. The Kier molecular flexibility index (Phi) is 4.85. The molecule has 0 aromatic carbocycles. The Hall–Kier alpha value is -0.120. The van der Waals surface area contributed by atoms with Crippen LogP contribution < -0.4 is 16.6 Å². The van der Waals surface area contributed by atoms with E-state index in [1.807, 2.05) is 0 Å². The van der Waals surface area contributed by atoms with Gasteiger partial charge in [0.15, 0.2) is 0 Å². The van der Waals surface area contributed by atoms with Crippen LogP contribution in [-0.4, -0.2) is 13.2 Å². The molecule has 0 spiro atoms. The van der Waals surface area contributed by atoms with E-state index in [0.29, 0.717) is 12.1 Å². The molecule has 1 fully saturated rings. The van der Waals surface area contributed by atoms with Crippen molar-refractivity contribution in [1.82, 2.24) is 10.7 Å². The Bertz CT molecular complexity index is 151. The number of nitrogens with one attached hydrogen (secondary N) is 2. The Balaban J connectivity index is 2.29. The van der Waals surface area contributed by atoms with Gasteiger partial charge in [0.1, 0.15) is 0 Å². The predicted octanol–water partition coefficient (Wildman–Crippen LogP) is 1.60. The van der Waals surface area contributed by atoms with Gasteiger partial charge in [0.2, 0.25) is 0 Å². The van der Waals surface area contributed by atoms with E-state index in [1.165, 1.54) is 32.1 Å². The van der Waals surface area contributed by atoms with Gasteiger partial charge < -0.3 is 5.32 Å². The molecule has 0 aliphatic heterocycles. The smallest absolute Gasteiger partial charge is 0.0587 e. The minimum absolute atomic E-state index is 0.414. The fourth-order valence-corrected chi connectivity index (χ4v) is 2.49. The molecule has 1 saturated carbocycles. The van der Waals surface area contributed by atoms with Crippen molar-refractivity contribution in [2.24, 2.45) is 17.2 Å². The Morgan fingerprint density at radius 3 is 2.43 bits per heavy atom. The lowest BCUT2D eigenvalue weighted by molar-refractivity contribution is 0.153. The summed E-state index contributed by atoms with van der Waals surface area (Å²) in [6.07, 6.45) is 7.09. The summed E-state index contributed by atoms with van der Waals surface area (Å²) >= 11 is 0. The fraction of sp³-hybridized carbons (Fsp3) is 1.00. The lowest BCUT2D eigenvalue weighted by Gasteiger charge is -2.37. The molecule has 0 radical (unpaired) electrons. The summed E-state index contributed by atoms with van der Waals surface area (Å²) in [6.45, 7) is 6.50. The molecule has 0 aromatic heterocycles. The van der Waals surface area contributed by atoms with Crippen molar-refractivity contribution in [3.63, 3.8) is 0 Å². The highest BCUT2D eigenvalue weighted by Crippen LogP contribution is 2.37. The van der Waals surface area contributed by atoms with E-state index in [2.05, 4.69) is 24.6 Å². The van der Waals surface area contributed by atoms with Gasteiger partial charge in [-0.3, -0.25) is 5.84 Å². The zero-order valence-electron chi connectivity index (χ0n) is 9.60. The van der Waals surface area contributed by atoms with E-state index in [1.54, 1.807) is 0 Å². The monoisotopic (exact) mass is 199 g/mol. The molecular formula is C11H25N3. The molecule has 0 heterocycles. The van der Waals surface area contributed by atoms with Crippen LogP contribution in [0.15, 0.2) is 0 Å². The molecule has 1 aliphatic carbocycles. The van der Waals surface area contributed by atoms with E-state index in [-0.39, 0.29) is 0 Å². The molecule has 14 heavy (non-hydrogen) atoms. The van der Waals surface area contributed by atoms with Gasteiger partial charge >= 0.3 is 0 Å². The second-order valence-electron chi connectivity index (χ2n) is 5.13. The lowest BCUT2D eigenvalue weighted by Crippen LogP contribution is -2.42. The Morgan fingerprint density at radius 1 is 1.21 bits per heavy atom. The van der Waals surface area contributed by atoms with Crippen LogP contribution in [0.4, 0.5) is 0 Å². The molecule has 4 N–H and O–H groups in total. The van der Waals surface area contributed by atoms with Crippen molar-refractivity contribution in [3.05, 3.63) is 0 Å². The highest BCUT2D eigenvalue weighted by atomic mass is 15.3. The third kappa shape index (κ3) is 3.56. The van der Waals surface area contributed by atoms with Crippen molar-refractivity contribution in [2.75, 3.05) is 13.2 Å². The minimum Gasteiger partial charge on any atom is -0.303 e. The molecule has 0 bridgehead atoms. The van der Waals surface area contributed by atoms with E-state index in [4.69, 9.17) is 5.84 Å². The average molecular weight is 199 g/mol. The maximum Gasteiger partial charge on any atom is 0.0587 e. The van der Waals surface area contributed by atoms with Crippen LogP contribution >= 0.6 is 0 Å². The van der Waals surface area contributed by atoms with Crippen molar-refractivity contribution in [1.29, 1.82) is 0 Å². The zero-order chi connectivity index (χ0) is 10.4. The van der Waals surface area contributed by atoms with Crippen LogP contribution in [0, 0.1) is 11.3 Å². The maximum atomic E-state index is 5.22. The fourth-order valence-electron chi connectivity index (χ4n) is 2.49. The first-order valence-corrected chi connectivity index (χ1v) is 5.81. The molecule has 0 unspecified atom stereocenters. The van der Waals surface area contributed by atoms with Crippen LogP contribution in [0.1, 0.15) is 46.0 Å². The van der Waals surface area contributed by atoms with Crippen molar-refractivity contribution >= 4 is 0 Å². The number of hydrogen-bond donors (Lipinski definition) is 3. The second kappa shape index (κ2) is 5.69. The van der Waals surface area contributed by atoms with Crippen LogP contribution in [0.3, 0.4) is 0 Å². The number of nitrogens with two attached hydrogens (primary N) is 1. The van der Waals surface area contributed by atoms with Gasteiger partial charge in [0.05, 0.1) is 6.67 Å². The molecule has 1 aliphatic rings. The highest BCUT2D eigenvalue weighted by Gasteiger charge is 2.29. The first-order valence-electron chi connectivity index (χ1n) is 5.81. The molecule has 0 saturated heterocycles. The molecule has 3 nitrogen and oxygen atoms in total.